The molecule has 1 heterocycles. The van der Waals surface area contributed by atoms with Crippen LogP contribution < -0.4 is 0 Å². The lowest BCUT2D eigenvalue weighted by Gasteiger charge is -2.06. The molecule has 17 heavy (non-hydrogen) atoms. The van der Waals surface area contributed by atoms with E-state index < -0.39 is 0 Å². The highest BCUT2D eigenvalue weighted by Gasteiger charge is 2.09. The average molecular weight is 227 g/mol. The minimum atomic E-state index is -0.283. The largest absolute Gasteiger partial charge is 0.507 e. The van der Waals surface area contributed by atoms with Crippen LogP contribution >= 0.6 is 0 Å². The van der Waals surface area contributed by atoms with E-state index >= 15 is 0 Å². The predicted octanol–water partition coefficient (Wildman–Crippen LogP) is 3.68. The number of phenolic OH excluding ortho intramolecular Hbond substituents is 1. The van der Waals surface area contributed by atoms with E-state index in [1.165, 1.54) is 12.1 Å². The van der Waals surface area contributed by atoms with Crippen LogP contribution in [0.15, 0.2) is 48.7 Å². The lowest BCUT2D eigenvalue weighted by molar-refractivity contribution is 0.478. The number of halogens is 1. The summed E-state index contributed by atoms with van der Waals surface area (Å²) in [6.45, 7) is 0. The van der Waals surface area contributed by atoms with Crippen LogP contribution in [0.1, 0.15) is 0 Å². The van der Waals surface area contributed by atoms with Gasteiger partial charge in [-0.05, 0) is 35.9 Å². The summed E-state index contributed by atoms with van der Waals surface area (Å²) in [5, 5.41) is 10.9. The zero-order valence-corrected chi connectivity index (χ0v) is 8.94. The van der Waals surface area contributed by atoms with Gasteiger partial charge in [0.15, 0.2) is 0 Å². The second-order valence-corrected chi connectivity index (χ2v) is 3.91. The molecule has 0 unspecified atom stereocenters. The van der Waals surface area contributed by atoms with Gasteiger partial charge in [0.25, 0.3) is 0 Å². The molecule has 84 valence electrons. The van der Waals surface area contributed by atoms with Crippen molar-refractivity contribution >= 4 is 10.9 Å². The summed E-state index contributed by atoms with van der Waals surface area (Å²) in [5.74, 6) is -0.0850. The summed E-state index contributed by atoms with van der Waals surface area (Å²) in [6.07, 6.45) is 1.82. The van der Waals surface area contributed by atoms with Gasteiger partial charge >= 0.3 is 0 Å². The number of phenols is 1. The average Bonchev–Trinajstić information content (AvgIpc) is 2.79. The molecule has 2 N–H and O–H groups in total. The fourth-order valence-electron chi connectivity index (χ4n) is 2.04. The standard InChI is InChI=1S/C14H10FNO/c15-10-3-1-9(2-4-10)14-11-7-8-16-12(11)5-6-13(14)17/h1-8,16-17H. The maximum absolute atomic E-state index is 12.9. The van der Waals surface area contributed by atoms with E-state index in [9.17, 15) is 9.50 Å². The molecule has 0 saturated heterocycles. The van der Waals surface area contributed by atoms with E-state index in [1.807, 2.05) is 18.3 Å². The first kappa shape index (κ1) is 9.90. The van der Waals surface area contributed by atoms with Gasteiger partial charge in [0.2, 0.25) is 0 Å². The quantitative estimate of drug-likeness (QED) is 0.653. The molecule has 0 radical (unpaired) electrons. The molecule has 2 nitrogen and oxygen atoms in total. The smallest absolute Gasteiger partial charge is 0.124 e. The van der Waals surface area contributed by atoms with E-state index in [-0.39, 0.29) is 11.6 Å². The van der Waals surface area contributed by atoms with Gasteiger partial charge < -0.3 is 10.1 Å². The zero-order chi connectivity index (χ0) is 11.8. The molecule has 2 aromatic carbocycles. The monoisotopic (exact) mass is 227 g/mol. The number of H-pyrrole nitrogens is 1. The van der Waals surface area contributed by atoms with Crippen LogP contribution in [0.4, 0.5) is 4.39 Å². The van der Waals surface area contributed by atoms with Crippen LogP contribution in [0.3, 0.4) is 0 Å². The minimum Gasteiger partial charge on any atom is -0.507 e. The Morgan fingerprint density at radius 1 is 0.941 bits per heavy atom. The highest BCUT2D eigenvalue weighted by atomic mass is 19.1. The molecule has 0 saturated carbocycles. The molecule has 3 aromatic rings. The lowest BCUT2D eigenvalue weighted by Crippen LogP contribution is -1.82. The van der Waals surface area contributed by atoms with Gasteiger partial charge in [-0.1, -0.05) is 12.1 Å². The van der Waals surface area contributed by atoms with E-state index in [1.54, 1.807) is 18.2 Å². The first-order chi connectivity index (χ1) is 8.25. The molecule has 0 aliphatic rings. The Balaban J connectivity index is 2.31. The number of hydrogen-bond donors (Lipinski definition) is 2. The SMILES string of the molecule is Oc1ccc2[nH]ccc2c1-c1ccc(F)cc1. The van der Waals surface area contributed by atoms with Crippen molar-refractivity contribution in [3.63, 3.8) is 0 Å². The molecule has 0 spiro atoms. The third-order valence-corrected chi connectivity index (χ3v) is 2.85. The molecule has 0 aliphatic carbocycles. The molecule has 0 fully saturated rings. The third kappa shape index (κ3) is 1.56. The van der Waals surface area contributed by atoms with E-state index in [0.717, 1.165) is 22.0 Å². The van der Waals surface area contributed by atoms with Crippen molar-refractivity contribution in [3.05, 3.63) is 54.5 Å². The van der Waals surface area contributed by atoms with Gasteiger partial charge in [0.1, 0.15) is 11.6 Å². The Labute approximate surface area is 97.3 Å². The Kier molecular flexibility index (Phi) is 2.11. The fraction of sp³-hybridized carbons (Fsp3) is 0. The second kappa shape index (κ2) is 3.63. The molecule has 0 bridgehead atoms. The van der Waals surface area contributed by atoms with Crippen LogP contribution in [-0.4, -0.2) is 10.1 Å². The number of rotatable bonds is 1. The molecular weight excluding hydrogens is 217 g/mol. The van der Waals surface area contributed by atoms with Gasteiger partial charge in [0, 0.05) is 22.7 Å². The van der Waals surface area contributed by atoms with Gasteiger partial charge in [-0.2, -0.15) is 0 Å². The maximum atomic E-state index is 12.9. The maximum Gasteiger partial charge on any atom is 0.124 e. The van der Waals surface area contributed by atoms with Crippen LogP contribution in [0, 0.1) is 5.82 Å². The number of fused-ring (bicyclic) bond motifs is 1. The number of hydrogen-bond acceptors (Lipinski definition) is 1. The minimum absolute atomic E-state index is 0.198. The number of benzene rings is 2. The molecule has 3 heteroatoms. The highest BCUT2D eigenvalue weighted by Crippen LogP contribution is 2.35. The van der Waals surface area contributed by atoms with Crippen LogP contribution in [-0.2, 0) is 0 Å². The van der Waals surface area contributed by atoms with Crippen molar-refractivity contribution in [1.82, 2.24) is 4.98 Å². The van der Waals surface area contributed by atoms with Crippen molar-refractivity contribution in [1.29, 1.82) is 0 Å². The normalized spacial score (nSPS) is 10.9. The molecule has 0 aliphatic heterocycles. The van der Waals surface area contributed by atoms with E-state index in [0.29, 0.717) is 0 Å². The van der Waals surface area contributed by atoms with Gasteiger partial charge in [0.05, 0.1) is 0 Å². The molecule has 0 atom stereocenters. The van der Waals surface area contributed by atoms with Gasteiger partial charge in [-0.25, -0.2) is 4.39 Å². The first-order valence-corrected chi connectivity index (χ1v) is 5.31. The summed E-state index contributed by atoms with van der Waals surface area (Å²) in [7, 11) is 0. The molecule has 0 amide bonds. The van der Waals surface area contributed by atoms with Gasteiger partial charge in [-0.3, -0.25) is 0 Å². The van der Waals surface area contributed by atoms with Crippen LogP contribution in [0.25, 0.3) is 22.0 Å². The van der Waals surface area contributed by atoms with E-state index in [4.69, 9.17) is 0 Å². The highest BCUT2D eigenvalue weighted by molar-refractivity contribution is 5.98. The Bertz CT molecular complexity index is 670. The fourth-order valence-corrected chi connectivity index (χ4v) is 2.04. The number of aromatic nitrogens is 1. The number of aromatic hydroxyl groups is 1. The summed E-state index contributed by atoms with van der Waals surface area (Å²) in [4.78, 5) is 3.08. The topological polar surface area (TPSA) is 36.0 Å². The number of aromatic amines is 1. The summed E-state index contributed by atoms with van der Waals surface area (Å²) in [5.41, 5.74) is 2.47. The lowest BCUT2D eigenvalue weighted by atomic mass is 10.0. The summed E-state index contributed by atoms with van der Waals surface area (Å²) >= 11 is 0. The van der Waals surface area contributed by atoms with E-state index in [2.05, 4.69) is 4.98 Å². The summed E-state index contributed by atoms with van der Waals surface area (Å²) in [6, 6.07) is 11.5. The second-order valence-electron chi connectivity index (χ2n) is 3.91. The molecule has 1 aromatic heterocycles. The Hall–Kier alpha value is -2.29. The zero-order valence-electron chi connectivity index (χ0n) is 8.94. The van der Waals surface area contributed by atoms with Crippen LogP contribution in [0.2, 0.25) is 0 Å². The van der Waals surface area contributed by atoms with Crippen molar-refractivity contribution in [3.8, 4) is 16.9 Å². The number of nitrogens with one attached hydrogen (secondary N) is 1. The first-order valence-electron chi connectivity index (χ1n) is 5.31. The Morgan fingerprint density at radius 2 is 1.71 bits per heavy atom. The van der Waals surface area contributed by atoms with Crippen molar-refractivity contribution in [2.75, 3.05) is 0 Å². The predicted molar refractivity (Wildman–Crippen MR) is 65.4 cm³/mol. The van der Waals surface area contributed by atoms with Gasteiger partial charge in [-0.15, -0.1) is 0 Å². The third-order valence-electron chi connectivity index (χ3n) is 2.85. The summed E-state index contributed by atoms with van der Waals surface area (Å²) < 4.78 is 12.9. The van der Waals surface area contributed by atoms with Crippen molar-refractivity contribution < 1.29 is 9.50 Å². The van der Waals surface area contributed by atoms with Crippen LogP contribution in [0.5, 0.6) is 5.75 Å². The van der Waals surface area contributed by atoms with Crippen molar-refractivity contribution in [2.45, 2.75) is 0 Å². The Morgan fingerprint density at radius 3 is 2.47 bits per heavy atom. The molecular formula is C14H10FNO. The molecule has 3 rings (SSSR count). The van der Waals surface area contributed by atoms with Crippen molar-refractivity contribution in [2.24, 2.45) is 0 Å².